The van der Waals surface area contributed by atoms with Crippen molar-refractivity contribution in [2.45, 2.75) is 60.2 Å². The molecule has 358 valence electrons. The second-order valence-corrected chi connectivity index (χ2v) is 15.0. The highest BCUT2D eigenvalue weighted by atomic mass is 16.5. The average Bonchev–Trinajstić information content (AvgIpc) is 3.96. The monoisotopic (exact) mass is 933 g/mol. The van der Waals surface area contributed by atoms with E-state index in [1.165, 1.54) is 42.6 Å². The van der Waals surface area contributed by atoms with E-state index >= 15 is 0 Å². The van der Waals surface area contributed by atoms with Gasteiger partial charge in [0.2, 0.25) is 23.7 Å². The number of carbonyl (C=O) groups excluding carboxylic acids is 4. The van der Waals surface area contributed by atoms with Crippen LogP contribution in [-0.2, 0) is 34.0 Å². The molecule has 68 heavy (non-hydrogen) atoms. The number of hydrogen-bond donors (Lipinski definition) is 8. The van der Waals surface area contributed by atoms with Crippen molar-refractivity contribution in [2.75, 3.05) is 42.7 Å². The summed E-state index contributed by atoms with van der Waals surface area (Å²) in [6.45, 7) is 7.79. The molecule has 0 radical (unpaired) electrons. The molecule has 5 rings (SSSR count). The number of benzene rings is 2. The number of nitrogens with zero attached hydrogens (tertiary/aromatic N) is 8. The van der Waals surface area contributed by atoms with Gasteiger partial charge in [-0.3, -0.25) is 49.3 Å². The Kier molecular flexibility index (Phi) is 17.3. The van der Waals surface area contributed by atoms with Crippen LogP contribution in [0, 0.1) is 0 Å². The lowest BCUT2D eigenvalue weighted by molar-refractivity contribution is -0.137. The quantitative estimate of drug-likeness (QED) is 0.0251. The number of aromatic nitrogens is 6. The van der Waals surface area contributed by atoms with Crippen LogP contribution < -0.4 is 48.8 Å². The van der Waals surface area contributed by atoms with Crippen LogP contribution in [0.5, 0.6) is 11.5 Å². The maximum Gasteiger partial charge on any atom is 0.303 e. The van der Waals surface area contributed by atoms with E-state index < -0.39 is 29.6 Å². The Morgan fingerprint density at radius 1 is 0.721 bits per heavy atom. The predicted molar refractivity (Wildman–Crippen MR) is 258 cm³/mol. The van der Waals surface area contributed by atoms with Gasteiger partial charge in [0.15, 0.2) is 0 Å². The van der Waals surface area contributed by atoms with Gasteiger partial charge in [0.1, 0.15) is 40.6 Å². The molecule has 0 atom stereocenters. The fourth-order valence-corrected chi connectivity index (χ4v) is 6.61. The Labute approximate surface area is 390 Å². The molecule has 23 heteroatoms. The van der Waals surface area contributed by atoms with Crippen LogP contribution in [0.1, 0.15) is 61.3 Å². The van der Waals surface area contributed by atoms with Crippen molar-refractivity contribution in [1.82, 2.24) is 28.9 Å². The summed E-state index contributed by atoms with van der Waals surface area (Å²) in [6, 6.07) is 5.81. The lowest BCUT2D eigenvalue weighted by atomic mass is 10.1. The van der Waals surface area contributed by atoms with Gasteiger partial charge in [-0.2, -0.15) is 5.10 Å². The molecule has 0 bridgehead atoms. The SMILES string of the molecule is CCN=C(/C=C(/C)N)C(=O)Nc1nc2cc(C(N)=O)cc(OC/C=C/Cn3cc(N)cn3)c2n1C/C=C/Cn1c(NC(=O)C(/C=C(/C)N)=NCC)nc2cc(C(N)=O)cc(OCCCC(=O)O)c21. The highest BCUT2D eigenvalue weighted by Crippen LogP contribution is 2.33. The smallest absolute Gasteiger partial charge is 0.303 e. The molecule has 0 saturated heterocycles. The summed E-state index contributed by atoms with van der Waals surface area (Å²) >= 11 is 0. The Hall–Kier alpha value is -8.76. The van der Waals surface area contributed by atoms with Crippen LogP contribution in [0.2, 0.25) is 0 Å². The number of fused-ring (bicyclic) bond motifs is 2. The number of amides is 4. The number of aliphatic imine (C=N–C) groups is 2. The van der Waals surface area contributed by atoms with Crippen molar-refractivity contribution in [3.8, 4) is 11.5 Å². The van der Waals surface area contributed by atoms with Crippen LogP contribution in [0.3, 0.4) is 0 Å². The van der Waals surface area contributed by atoms with Crippen molar-refractivity contribution in [3.05, 3.63) is 95.6 Å². The Morgan fingerprint density at radius 3 is 1.63 bits per heavy atom. The van der Waals surface area contributed by atoms with E-state index in [4.69, 9.17) is 43.1 Å². The molecule has 5 aromatic rings. The molecule has 0 aliphatic carbocycles. The molecule has 13 N–H and O–H groups in total. The highest BCUT2D eigenvalue weighted by molar-refractivity contribution is 6.47. The molecule has 2 aromatic carbocycles. The molecule has 4 amide bonds. The second kappa shape index (κ2) is 23.4. The third-order valence-electron chi connectivity index (χ3n) is 9.47. The topological polar surface area (TPSA) is 356 Å². The van der Waals surface area contributed by atoms with Crippen LogP contribution in [-0.4, -0.2) is 101 Å². The minimum atomic E-state index is -1.02. The number of anilines is 3. The zero-order valence-corrected chi connectivity index (χ0v) is 38.1. The van der Waals surface area contributed by atoms with Crippen molar-refractivity contribution in [1.29, 1.82) is 0 Å². The number of hydrogen-bond acceptors (Lipinski definition) is 15. The van der Waals surface area contributed by atoms with Crippen molar-refractivity contribution in [3.63, 3.8) is 0 Å². The van der Waals surface area contributed by atoms with Crippen molar-refractivity contribution >= 4 is 80.7 Å². The molecular weight excluding hydrogens is 879 g/mol. The number of carbonyl (C=O) groups is 5. The number of carboxylic acid groups (broad SMARTS) is 1. The summed E-state index contributed by atoms with van der Waals surface area (Å²) in [7, 11) is 0. The first-order valence-corrected chi connectivity index (χ1v) is 21.3. The standard InChI is InChI=1S/C45H55N15O8/c1-5-51-33(18-26(3)46)42(65)56-44-54-31-20-28(40(49)63)22-35(67-16-10-9-13-58-25-30(48)24-53-58)38(31)59(44)14-7-8-15-60-39-32(55-45(60)57-43(66)34(52-6-2)19-27(4)47)21-29(41(50)64)23-36(39)68-17-11-12-37(61)62/h7-10,18-25H,5-6,11-17,46-48H2,1-4H3,(H2,49,63)(H2,50,64)(H,61,62)(H,54,56,65)(H,55,57,66)/b8-7+,10-9+,26-18-,27-19-,51-33?,52-34?. The summed E-state index contributed by atoms with van der Waals surface area (Å²) < 4.78 is 17.2. The van der Waals surface area contributed by atoms with E-state index in [0.717, 1.165) is 0 Å². The first-order chi connectivity index (χ1) is 32.5. The number of rotatable bonds is 24. The van der Waals surface area contributed by atoms with Gasteiger partial charge >= 0.3 is 5.97 Å². The van der Waals surface area contributed by atoms with Gasteiger partial charge in [0, 0.05) is 61.3 Å². The molecule has 0 aliphatic rings. The molecule has 0 spiro atoms. The van der Waals surface area contributed by atoms with Crippen LogP contribution in [0.25, 0.3) is 22.1 Å². The van der Waals surface area contributed by atoms with Gasteiger partial charge in [-0.05, 0) is 76.6 Å². The zero-order valence-electron chi connectivity index (χ0n) is 38.1. The van der Waals surface area contributed by atoms with Gasteiger partial charge in [0.25, 0.3) is 11.8 Å². The number of carboxylic acids is 1. The van der Waals surface area contributed by atoms with Crippen molar-refractivity contribution in [2.24, 2.45) is 32.9 Å². The van der Waals surface area contributed by atoms with Crippen molar-refractivity contribution < 1.29 is 38.6 Å². The molecule has 0 fully saturated rings. The lowest BCUT2D eigenvalue weighted by Crippen LogP contribution is -2.24. The fourth-order valence-electron chi connectivity index (χ4n) is 6.61. The zero-order chi connectivity index (χ0) is 49.5. The molecule has 0 aliphatic heterocycles. The van der Waals surface area contributed by atoms with Crippen LogP contribution in [0.4, 0.5) is 17.6 Å². The van der Waals surface area contributed by atoms with Crippen LogP contribution in [0.15, 0.2) is 94.5 Å². The Bertz CT molecular complexity index is 2890. The summed E-state index contributed by atoms with van der Waals surface area (Å²) in [5, 5.41) is 19.0. The second-order valence-electron chi connectivity index (χ2n) is 15.0. The van der Waals surface area contributed by atoms with Gasteiger partial charge in [-0.25, -0.2) is 9.97 Å². The highest BCUT2D eigenvalue weighted by Gasteiger charge is 2.23. The summed E-state index contributed by atoms with van der Waals surface area (Å²) in [5.41, 5.74) is 31.7. The van der Waals surface area contributed by atoms with Gasteiger partial charge < -0.3 is 52.4 Å². The number of nitrogens with one attached hydrogen (secondary N) is 2. The maximum absolute atomic E-state index is 13.7. The minimum absolute atomic E-state index is 0.0175. The number of imidazole rings is 2. The summed E-state index contributed by atoms with van der Waals surface area (Å²) in [5.74, 6) is -3.31. The fraction of sp³-hybridized carbons (Fsp3) is 0.289. The third-order valence-corrected chi connectivity index (χ3v) is 9.47. The number of nitrogens with two attached hydrogens (primary N) is 5. The average molecular weight is 934 g/mol. The molecule has 0 saturated carbocycles. The van der Waals surface area contributed by atoms with Gasteiger partial charge in [0.05, 0.1) is 36.1 Å². The normalized spacial score (nSPS) is 12.6. The van der Waals surface area contributed by atoms with E-state index in [1.54, 1.807) is 65.9 Å². The van der Waals surface area contributed by atoms with E-state index in [-0.39, 0.29) is 109 Å². The number of ether oxygens (including phenoxy) is 2. The third kappa shape index (κ3) is 13.4. The first kappa shape index (κ1) is 50.2. The molecule has 23 nitrogen and oxygen atoms in total. The van der Waals surface area contributed by atoms with Gasteiger partial charge in [-0.15, -0.1) is 0 Å². The predicted octanol–water partition coefficient (Wildman–Crippen LogP) is 3.02. The summed E-state index contributed by atoms with van der Waals surface area (Å²) in [4.78, 5) is 81.6. The maximum atomic E-state index is 13.7. The minimum Gasteiger partial charge on any atom is -0.491 e. The number of aliphatic carboxylic acids is 1. The first-order valence-electron chi connectivity index (χ1n) is 21.3. The Morgan fingerprint density at radius 2 is 1.21 bits per heavy atom. The number of nitrogen functional groups attached to an aromatic ring is 1. The number of allylic oxidation sites excluding steroid dienone is 5. The Balaban J connectivity index is 1.61. The van der Waals surface area contributed by atoms with E-state index in [1.807, 2.05) is 6.08 Å². The molecular formula is C45H55N15O8. The largest absolute Gasteiger partial charge is 0.491 e. The number of primary amides is 2. The van der Waals surface area contributed by atoms with Gasteiger partial charge in [-0.1, -0.05) is 18.2 Å². The van der Waals surface area contributed by atoms with E-state index in [2.05, 4.69) is 30.7 Å². The summed E-state index contributed by atoms with van der Waals surface area (Å²) in [6.07, 6.45) is 13.1. The lowest BCUT2D eigenvalue weighted by Gasteiger charge is -2.13. The molecule has 3 heterocycles. The molecule has 0 unspecified atom stereocenters. The molecule has 3 aromatic heterocycles. The van der Waals surface area contributed by atoms with E-state index in [9.17, 15) is 29.1 Å². The van der Waals surface area contributed by atoms with E-state index in [0.29, 0.717) is 34.7 Å². The van der Waals surface area contributed by atoms with Crippen LogP contribution >= 0.6 is 0 Å².